The predicted octanol–water partition coefficient (Wildman–Crippen LogP) is -0.611. The molecule has 442 valence electrons. The fourth-order valence-corrected chi connectivity index (χ4v) is 18.0. The van der Waals surface area contributed by atoms with E-state index in [1.54, 1.807) is 28.1 Å². The fourth-order valence-electron chi connectivity index (χ4n) is 7.89. The van der Waals surface area contributed by atoms with Crippen molar-refractivity contribution in [2.45, 2.75) is 40.5 Å². The normalized spacial score (nSPS) is 11.8. The first-order valence-electron chi connectivity index (χ1n) is 22.8. The number of nitrogens with zero attached hydrogens (tertiary/aromatic N) is 8. The van der Waals surface area contributed by atoms with Crippen molar-refractivity contribution in [3.8, 4) is 0 Å². The summed E-state index contributed by atoms with van der Waals surface area (Å²) in [4.78, 5) is 41.5. The minimum Gasteiger partial charge on any atom is -1.00 e. The Labute approximate surface area is 587 Å². The van der Waals surface area contributed by atoms with Crippen LogP contribution in [0.5, 0.6) is 0 Å². The van der Waals surface area contributed by atoms with Crippen LogP contribution < -0.4 is 133 Å². The maximum atomic E-state index is 12.7. The third-order valence-corrected chi connectivity index (χ3v) is 24.8. The molecule has 1 saturated heterocycles. The predicted molar refractivity (Wildman–Crippen MR) is 306 cm³/mol. The molecule has 83 heavy (non-hydrogen) atoms. The van der Waals surface area contributed by atoms with Crippen LogP contribution in [0, 0.1) is 33.6 Å². The molecule has 5 heterocycles. The van der Waals surface area contributed by atoms with E-state index in [1.807, 2.05) is 0 Å². The Balaban J connectivity index is -0.000000970. The number of rotatable bonds is 8. The molecule has 4 aromatic heterocycles. The second kappa shape index (κ2) is 37.7. The average molecular weight is 1400 g/mol. The van der Waals surface area contributed by atoms with E-state index in [1.165, 1.54) is 63.1 Å². The third-order valence-electron chi connectivity index (χ3n) is 11.5. The van der Waals surface area contributed by atoms with Crippen LogP contribution in [0.4, 0.5) is 27.0 Å². The Morgan fingerprint density at radius 2 is 0.711 bits per heavy atom. The number of carbonyl (C=O) groups excluding carboxylic acids is 4. The topological polar surface area (TPSA) is 174 Å². The van der Waals surface area contributed by atoms with Crippen molar-refractivity contribution in [2.24, 2.45) is 28.2 Å². The number of halogens is 13. The molecular formula is C52H54BrCl4F8K2N8O6PS. The third kappa shape index (κ3) is 20.9. The van der Waals surface area contributed by atoms with E-state index < -0.39 is 50.0 Å². The van der Waals surface area contributed by atoms with Crippen LogP contribution in [0.25, 0.3) is 0 Å². The van der Waals surface area contributed by atoms with Crippen LogP contribution >= 0.6 is 67.2 Å². The van der Waals surface area contributed by atoms with Crippen LogP contribution in [0.15, 0.2) is 121 Å². The Kier molecular flexibility index (Phi) is 38.4. The standard InChI is InChI=1S/C24H20BrP.C6H6Cl2N2O.2C6H6ClFN2O.C6H6F2N2O.C4H8O2S.4FH.2K/c25-26(21-13-5-1-6-14-21,22-15-7-2-8-16-22,23-17-9-3-10-18-23)24-19-11-4-12-20-24;4*1-3-4(6(8)11)5(7)10(2)9-3;5-7(6)3-1-2-4-7;;;;;;/h1-20H;4*1-2H3;1-4H2;4*1H;;/q;;;;;;;;;;2*+1/p-2. The molecule has 1 aliphatic heterocycles. The minimum absolute atomic E-state index is 0. The van der Waals surface area contributed by atoms with Crippen molar-refractivity contribution < 1.29 is 167 Å². The van der Waals surface area contributed by atoms with Crippen LogP contribution in [0.1, 0.15) is 77.0 Å². The Morgan fingerprint density at radius 1 is 0.482 bits per heavy atom. The molecular weight excluding hydrogens is 1350 g/mol. The van der Waals surface area contributed by atoms with Gasteiger partial charge in [0.1, 0.15) is 42.0 Å². The summed E-state index contributed by atoms with van der Waals surface area (Å²) in [6, 6.07) is 38.5. The summed E-state index contributed by atoms with van der Waals surface area (Å²) in [5, 5.41) is 16.9. The van der Waals surface area contributed by atoms with E-state index in [2.05, 4.69) is 157 Å². The molecule has 0 atom stereocenters. The van der Waals surface area contributed by atoms with Gasteiger partial charge in [-0.15, -0.1) is 0 Å². The quantitative estimate of drug-likeness (QED) is 0.0828. The summed E-state index contributed by atoms with van der Waals surface area (Å²) >= 11 is 26.5. The monoisotopic (exact) mass is 1400 g/mol. The molecule has 14 nitrogen and oxygen atoms in total. The van der Waals surface area contributed by atoms with Gasteiger partial charge < -0.3 is 9.41 Å². The van der Waals surface area contributed by atoms with Crippen molar-refractivity contribution in [3.63, 3.8) is 0 Å². The Bertz CT molecular complexity index is 3080. The molecule has 0 radical (unpaired) electrons. The van der Waals surface area contributed by atoms with Gasteiger partial charge in [-0.05, 0) is 52.1 Å². The summed E-state index contributed by atoms with van der Waals surface area (Å²) in [6.07, 6.45) is 1.75. The Hall–Kier alpha value is -2.87. The number of aromatic nitrogens is 8. The Morgan fingerprint density at radius 3 is 0.843 bits per heavy atom. The maximum absolute atomic E-state index is 12.7. The summed E-state index contributed by atoms with van der Waals surface area (Å²) in [6.45, 7) is 6.11. The zero-order chi connectivity index (χ0) is 57.6. The molecule has 0 bridgehead atoms. The first kappa shape index (κ1) is 84.3. The number of aryl methyl sites for hydroxylation is 8. The molecule has 31 heteroatoms. The van der Waals surface area contributed by atoms with Crippen molar-refractivity contribution >= 4 is 122 Å². The first-order valence-corrected chi connectivity index (χ1v) is 30.4. The minimum atomic E-state index is -3.00. The van der Waals surface area contributed by atoms with Crippen LogP contribution in [0.3, 0.4) is 0 Å². The van der Waals surface area contributed by atoms with Gasteiger partial charge in [0, 0.05) is 28.2 Å². The maximum Gasteiger partial charge on any atom is 1.00 e. The average Bonchev–Trinajstić information content (AvgIpc) is 4.14. The van der Waals surface area contributed by atoms with Gasteiger partial charge in [0.05, 0.1) is 39.8 Å². The molecule has 0 N–H and O–H groups in total. The molecule has 1 aliphatic rings. The molecule has 9 rings (SSSR count). The SMILES string of the molecule is BrP(c1ccccc1)(c1ccccc1)(c1ccccc1)c1ccccc1.Cc1nn(C)c(Cl)c1C(=O)Cl.Cc1nn(C)c(Cl)c1C(=O)F.Cc1nn(C)c(Cl)c1C(=O)F.Cc1nn(C)c(F)c1C(=O)F.F.F.O=S1(=O)CCCC1.[F-].[F-].[K+].[K+]. The van der Waals surface area contributed by atoms with Crippen LogP contribution in [-0.2, 0) is 38.0 Å². The van der Waals surface area contributed by atoms with Gasteiger partial charge in [0.2, 0.25) is 5.95 Å². The second-order valence-corrected chi connectivity index (χ2v) is 28.9. The molecule has 1 fully saturated rings. The van der Waals surface area contributed by atoms with Crippen molar-refractivity contribution in [1.29, 1.82) is 0 Å². The summed E-state index contributed by atoms with van der Waals surface area (Å²) < 4.78 is 74.7. The van der Waals surface area contributed by atoms with Crippen LogP contribution in [0.2, 0.25) is 15.5 Å². The van der Waals surface area contributed by atoms with Gasteiger partial charge in [-0.25, -0.2) is 13.1 Å². The van der Waals surface area contributed by atoms with E-state index in [9.17, 15) is 45.2 Å². The van der Waals surface area contributed by atoms with Gasteiger partial charge in [-0.2, -0.15) is 38.0 Å². The molecule has 0 amide bonds. The molecule has 0 spiro atoms. The number of benzene rings is 4. The first-order chi connectivity index (χ1) is 36.1. The zero-order valence-corrected chi connectivity index (χ0v) is 58.8. The smallest absolute Gasteiger partial charge is 1.00 e. The largest absolute Gasteiger partial charge is 1.00 e. The summed E-state index contributed by atoms with van der Waals surface area (Å²) in [7, 11) is 3.49. The van der Waals surface area contributed by atoms with Crippen LogP contribution in [-0.4, -0.2) is 82.4 Å². The van der Waals surface area contributed by atoms with E-state index >= 15 is 0 Å². The number of hydrogen-bond acceptors (Lipinski definition) is 10. The molecule has 4 aromatic carbocycles. The fraction of sp³-hybridized carbons (Fsp3) is 0.231. The van der Waals surface area contributed by atoms with E-state index in [0.717, 1.165) is 17.5 Å². The summed E-state index contributed by atoms with van der Waals surface area (Å²) in [5.41, 5.74) is 0.664. The van der Waals surface area contributed by atoms with Crippen molar-refractivity contribution in [1.82, 2.24) is 39.1 Å². The molecule has 0 saturated carbocycles. The number of hydrogen-bond donors (Lipinski definition) is 0. The zero-order valence-electron chi connectivity index (χ0n) is 46.2. The van der Waals surface area contributed by atoms with Gasteiger partial charge in [-0.3, -0.25) is 42.6 Å². The van der Waals surface area contributed by atoms with E-state index in [-0.39, 0.29) is 159 Å². The summed E-state index contributed by atoms with van der Waals surface area (Å²) in [5.74, 6) is -0.0880. The van der Waals surface area contributed by atoms with Gasteiger partial charge >= 0.3 is 284 Å². The molecule has 8 aromatic rings. The van der Waals surface area contributed by atoms with E-state index in [0.29, 0.717) is 28.6 Å². The second-order valence-electron chi connectivity index (χ2n) is 16.8. The number of carbonyl (C=O) groups is 4. The number of sulfone groups is 1. The molecule has 0 unspecified atom stereocenters. The van der Waals surface area contributed by atoms with Gasteiger partial charge in [-0.1, -0.05) is 34.8 Å². The van der Waals surface area contributed by atoms with Gasteiger partial charge in [0.15, 0.2) is 0 Å². The van der Waals surface area contributed by atoms with E-state index in [4.69, 9.17) is 46.4 Å². The van der Waals surface area contributed by atoms with Crippen molar-refractivity contribution in [2.75, 3.05) is 11.5 Å². The van der Waals surface area contributed by atoms with Gasteiger partial charge in [0.25, 0.3) is 5.24 Å². The molecule has 0 aliphatic carbocycles. The van der Waals surface area contributed by atoms with Crippen molar-refractivity contribution in [3.05, 3.63) is 188 Å².